The van der Waals surface area contributed by atoms with E-state index >= 15 is 0 Å². The van der Waals surface area contributed by atoms with Gasteiger partial charge in [-0.15, -0.1) is 0 Å². The Kier molecular flexibility index (Phi) is 6.14. The van der Waals surface area contributed by atoms with Gasteiger partial charge in [-0.25, -0.2) is 0 Å². The summed E-state index contributed by atoms with van der Waals surface area (Å²) in [6.07, 6.45) is 1.42. The van der Waals surface area contributed by atoms with Crippen molar-refractivity contribution in [3.8, 4) is 11.5 Å². The van der Waals surface area contributed by atoms with Gasteiger partial charge in [-0.2, -0.15) is 0 Å². The van der Waals surface area contributed by atoms with Gasteiger partial charge in [-0.1, -0.05) is 44.2 Å². The first-order chi connectivity index (χ1) is 12.9. The van der Waals surface area contributed by atoms with Gasteiger partial charge in [0.25, 0.3) is 0 Å². The lowest BCUT2D eigenvalue weighted by molar-refractivity contribution is -0.116. The zero-order valence-electron chi connectivity index (χ0n) is 16.2. The van der Waals surface area contributed by atoms with E-state index < -0.39 is 0 Å². The molecule has 1 saturated heterocycles. The van der Waals surface area contributed by atoms with Gasteiger partial charge in [-0.05, 0) is 42.6 Å². The van der Waals surface area contributed by atoms with E-state index in [2.05, 4.69) is 24.1 Å². The normalized spacial score (nSPS) is 19.4. The van der Waals surface area contributed by atoms with E-state index in [1.807, 2.05) is 54.6 Å². The maximum Gasteiger partial charge on any atom is 0.225 e. The van der Waals surface area contributed by atoms with Gasteiger partial charge in [0, 0.05) is 25.6 Å². The average Bonchev–Trinajstić information content (AvgIpc) is 2.65. The van der Waals surface area contributed by atoms with Crippen molar-refractivity contribution in [2.45, 2.75) is 32.7 Å². The number of amides is 1. The number of rotatable bonds is 6. The highest BCUT2D eigenvalue weighted by molar-refractivity contribution is 5.92. The molecule has 2 aromatic carbocycles. The van der Waals surface area contributed by atoms with Crippen LogP contribution in [0.1, 0.15) is 26.7 Å². The molecule has 0 radical (unpaired) electrons. The third-order valence-electron chi connectivity index (χ3n) is 5.18. The largest absolute Gasteiger partial charge is 0.455 e. The molecular formula is C22H29N3O2. The molecule has 1 aliphatic heterocycles. The number of nitrogens with zero attached hydrogens (tertiary/aromatic N) is 1. The molecular weight excluding hydrogens is 338 g/mol. The molecule has 5 nitrogen and oxygen atoms in total. The lowest BCUT2D eigenvalue weighted by Crippen LogP contribution is -2.52. The number of piperidine rings is 1. The van der Waals surface area contributed by atoms with Crippen LogP contribution in [0, 0.1) is 5.41 Å². The molecule has 0 saturated carbocycles. The van der Waals surface area contributed by atoms with Crippen LogP contribution in [0.2, 0.25) is 0 Å². The number of hydrogen-bond donors (Lipinski definition) is 2. The second-order valence-corrected chi connectivity index (χ2v) is 7.87. The van der Waals surface area contributed by atoms with Crippen molar-refractivity contribution in [1.82, 2.24) is 4.90 Å². The Labute approximate surface area is 161 Å². The zero-order valence-corrected chi connectivity index (χ0v) is 16.2. The Balaban J connectivity index is 1.55. The van der Waals surface area contributed by atoms with Crippen molar-refractivity contribution < 1.29 is 9.53 Å². The van der Waals surface area contributed by atoms with E-state index in [9.17, 15) is 4.79 Å². The Morgan fingerprint density at radius 3 is 2.63 bits per heavy atom. The zero-order chi connectivity index (χ0) is 19.3. The highest BCUT2D eigenvalue weighted by atomic mass is 16.5. The van der Waals surface area contributed by atoms with E-state index in [1.165, 1.54) is 0 Å². The van der Waals surface area contributed by atoms with Gasteiger partial charge in [0.2, 0.25) is 5.91 Å². The van der Waals surface area contributed by atoms with Crippen LogP contribution in [0.15, 0.2) is 54.6 Å². The summed E-state index contributed by atoms with van der Waals surface area (Å²) in [5.74, 6) is 1.38. The van der Waals surface area contributed by atoms with Crippen molar-refractivity contribution in [2.24, 2.45) is 11.1 Å². The van der Waals surface area contributed by atoms with E-state index in [0.717, 1.165) is 31.8 Å². The first kappa shape index (κ1) is 19.4. The SMILES string of the molecule is CC1(C)CN(CCC(=O)Nc2ccccc2Oc2ccccc2)CCC1N. The van der Waals surface area contributed by atoms with Crippen LogP contribution in [0.25, 0.3) is 0 Å². The lowest BCUT2D eigenvalue weighted by Gasteiger charge is -2.42. The summed E-state index contributed by atoms with van der Waals surface area (Å²) in [5.41, 5.74) is 6.97. The van der Waals surface area contributed by atoms with Crippen LogP contribution >= 0.6 is 0 Å². The van der Waals surface area contributed by atoms with Gasteiger partial charge >= 0.3 is 0 Å². The number of anilines is 1. The van der Waals surface area contributed by atoms with Crippen LogP contribution in [0.3, 0.4) is 0 Å². The monoisotopic (exact) mass is 367 g/mol. The summed E-state index contributed by atoms with van der Waals surface area (Å²) in [6.45, 7) is 7.01. The van der Waals surface area contributed by atoms with Crippen molar-refractivity contribution in [3.05, 3.63) is 54.6 Å². The molecule has 0 spiro atoms. The summed E-state index contributed by atoms with van der Waals surface area (Å²) >= 11 is 0. The lowest BCUT2D eigenvalue weighted by atomic mass is 9.80. The predicted octanol–water partition coefficient (Wildman–Crippen LogP) is 3.87. The summed E-state index contributed by atoms with van der Waals surface area (Å²) in [7, 11) is 0. The molecule has 1 aliphatic rings. The molecule has 1 fully saturated rings. The van der Waals surface area contributed by atoms with E-state index in [1.54, 1.807) is 0 Å². The van der Waals surface area contributed by atoms with E-state index in [-0.39, 0.29) is 17.4 Å². The second-order valence-electron chi connectivity index (χ2n) is 7.87. The smallest absolute Gasteiger partial charge is 0.225 e. The van der Waals surface area contributed by atoms with Gasteiger partial charge in [-0.3, -0.25) is 4.79 Å². The topological polar surface area (TPSA) is 67.6 Å². The van der Waals surface area contributed by atoms with E-state index in [0.29, 0.717) is 17.9 Å². The number of likely N-dealkylation sites (tertiary alicyclic amines) is 1. The fourth-order valence-corrected chi connectivity index (χ4v) is 3.42. The Hall–Kier alpha value is -2.37. The number of carbonyl (C=O) groups excluding carboxylic acids is 1. The molecule has 1 unspecified atom stereocenters. The highest BCUT2D eigenvalue weighted by Crippen LogP contribution is 2.30. The number of benzene rings is 2. The average molecular weight is 367 g/mol. The van der Waals surface area contributed by atoms with Crippen LogP contribution in [-0.2, 0) is 4.79 Å². The Morgan fingerprint density at radius 2 is 1.89 bits per heavy atom. The van der Waals surface area contributed by atoms with Crippen LogP contribution < -0.4 is 15.8 Å². The van der Waals surface area contributed by atoms with Crippen LogP contribution in [0.4, 0.5) is 5.69 Å². The number of nitrogens with two attached hydrogens (primary N) is 1. The Bertz CT molecular complexity index is 761. The minimum Gasteiger partial charge on any atom is -0.455 e. The summed E-state index contributed by atoms with van der Waals surface area (Å²) in [4.78, 5) is 14.8. The third-order valence-corrected chi connectivity index (χ3v) is 5.18. The first-order valence-corrected chi connectivity index (χ1v) is 9.54. The Morgan fingerprint density at radius 1 is 1.19 bits per heavy atom. The van der Waals surface area contributed by atoms with Gasteiger partial charge < -0.3 is 20.7 Å². The maximum absolute atomic E-state index is 12.5. The first-order valence-electron chi connectivity index (χ1n) is 9.54. The molecule has 144 valence electrons. The minimum atomic E-state index is -0.00760. The molecule has 1 atom stereocenters. The summed E-state index contributed by atoms with van der Waals surface area (Å²) in [6, 6.07) is 17.3. The van der Waals surface area contributed by atoms with Crippen molar-refractivity contribution in [1.29, 1.82) is 0 Å². The molecule has 1 heterocycles. The number of ether oxygens (including phenoxy) is 1. The predicted molar refractivity (Wildman–Crippen MR) is 109 cm³/mol. The standard InChI is InChI=1S/C22H29N3O2/c1-22(2)16-25(14-12-20(22)23)15-13-21(26)24-18-10-6-7-11-19(18)27-17-8-4-3-5-9-17/h3-11,20H,12-16,23H2,1-2H3,(H,24,26). The van der Waals surface area contributed by atoms with Crippen LogP contribution in [0.5, 0.6) is 11.5 Å². The summed E-state index contributed by atoms with van der Waals surface area (Å²) in [5, 5.41) is 2.98. The number of para-hydroxylation sites is 3. The fourth-order valence-electron chi connectivity index (χ4n) is 3.42. The second kappa shape index (κ2) is 8.55. The number of carbonyl (C=O) groups is 1. The third kappa shape index (κ3) is 5.31. The molecule has 5 heteroatoms. The van der Waals surface area contributed by atoms with Crippen molar-refractivity contribution >= 4 is 11.6 Å². The molecule has 0 aromatic heterocycles. The van der Waals surface area contributed by atoms with Gasteiger partial charge in [0.15, 0.2) is 5.75 Å². The highest BCUT2D eigenvalue weighted by Gasteiger charge is 2.33. The van der Waals surface area contributed by atoms with Gasteiger partial charge in [0.1, 0.15) is 5.75 Å². The van der Waals surface area contributed by atoms with Gasteiger partial charge in [0.05, 0.1) is 5.69 Å². The molecule has 3 rings (SSSR count). The van der Waals surface area contributed by atoms with Crippen molar-refractivity contribution in [2.75, 3.05) is 25.0 Å². The minimum absolute atomic E-state index is 0.00760. The van der Waals surface area contributed by atoms with E-state index in [4.69, 9.17) is 10.5 Å². The number of hydrogen-bond acceptors (Lipinski definition) is 4. The molecule has 2 aromatic rings. The molecule has 1 amide bonds. The molecule has 0 bridgehead atoms. The molecule has 0 aliphatic carbocycles. The van der Waals surface area contributed by atoms with Crippen LogP contribution in [-0.4, -0.2) is 36.5 Å². The molecule has 27 heavy (non-hydrogen) atoms. The quantitative estimate of drug-likeness (QED) is 0.813. The molecule has 3 N–H and O–H groups in total. The van der Waals surface area contributed by atoms with Crippen molar-refractivity contribution in [3.63, 3.8) is 0 Å². The number of nitrogens with one attached hydrogen (secondary N) is 1. The fraction of sp³-hybridized carbons (Fsp3) is 0.409. The summed E-state index contributed by atoms with van der Waals surface area (Å²) < 4.78 is 5.90. The maximum atomic E-state index is 12.5.